The van der Waals surface area contributed by atoms with Gasteiger partial charge in [0.15, 0.2) is 0 Å². The molecule has 1 atom stereocenters. The van der Waals surface area contributed by atoms with E-state index in [-0.39, 0.29) is 11.9 Å². The maximum Gasteiger partial charge on any atom is 0.416 e. The van der Waals surface area contributed by atoms with Gasteiger partial charge in [-0.3, -0.25) is 9.78 Å². The molecule has 1 fully saturated rings. The molecule has 1 N–H and O–H groups in total. The van der Waals surface area contributed by atoms with Gasteiger partial charge in [0.1, 0.15) is 0 Å². The van der Waals surface area contributed by atoms with Gasteiger partial charge in [0.05, 0.1) is 17.0 Å². The summed E-state index contributed by atoms with van der Waals surface area (Å²) in [5.41, 5.74) is -0.237. The first-order valence-electron chi connectivity index (χ1n) is 7.71. The zero-order valence-electron chi connectivity index (χ0n) is 13.1. The summed E-state index contributed by atoms with van der Waals surface area (Å²) in [6.45, 7) is 1.84. The molecule has 1 amide bonds. The van der Waals surface area contributed by atoms with Crippen molar-refractivity contribution in [3.05, 3.63) is 65.5 Å². The lowest BCUT2D eigenvalue weighted by atomic mass is 9.92. The van der Waals surface area contributed by atoms with E-state index >= 15 is 0 Å². The number of alkyl halides is 3. The first-order chi connectivity index (χ1) is 11.3. The Kier molecular flexibility index (Phi) is 4.07. The van der Waals surface area contributed by atoms with Crippen molar-refractivity contribution >= 4 is 5.91 Å². The summed E-state index contributed by atoms with van der Waals surface area (Å²) in [5, 5.41) is 2.91. The molecule has 1 aliphatic rings. The third-order valence-electron chi connectivity index (χ3n) is 4.48. The van der Waals surface area contributed by atoms with Gasteiger partial charge in [-0.2, -0.15) is 13.2 Å². The zero-order chi connectivity index (χ0) is 17.4. The highest BCUT2D eigenvalue weighted by molar-refractivity contribution is 5.91. The largest absolute Gasteiger partial charge is 0.416 e. The molecule has 0 saturated heterocycles. The Balaban J connectivity index is 1.80. The van der Waals surface area contributed by atoms with Crippen LogP contribution in [-0.2, 0) is 16.4 Å². The number of hydrogen-bond acceptors (Lipinski definition) is 2. The van der Waals surface area contributed by atoms with Crippen molar-refractivity contribution in [1.82, 2.24) is 10.3 Å². The molecule has 0 spiro atoms. The number of halogens is 3. The van der Waals surface area contributed by atoms with Gasteiger partial charge in [0.2, 0.25) is 5.91 Å². The van der Waals surface area contributed by atoms with Crippen LogP contribution < -0.4 is 5.32 Å². The minimum Gasteiger partial charge on any atom is -0.349 e. The van der Waals surface area contributed by atoms with Gasteiger partial charge in [-0.1, -0.05) is 18.2 Å². The number of amides is 1. The molecule has 1 heterocycles. The average molecular weight is 334 g/mol. The van der Waals surface area contributed by atoms with Crippen molar-refractivity contribution < 1.29 is 18.0 Å². The topological polar surface area (TPSA) is 42.0 Å². The van der Waals surface area contributed by atoms with E-state index in [0.717, 1.165) is 17.7 Å². The number of nitrogens with zero attached hydrogens (tertiary/aromatic N) is 1. The maximum absolute atomic E-state index is 12.9. The van der Waals surface area contributed by atoms with E-state index in [4.69, 9.17) is 0 Å². The Morgan fingerprint density at radius 2 is 1.88 bits per heavy atom. The molecule has 1 aliphatic carbocycles. The summed E-state index contributed by atoms with van der Waals surface area (Å²) >= 11 is 0. The Bertz CT molecular complexity index is 739. The van der Waals surface area contributed by atoms with Gasteiger partial charge >= 0.3 is 6.18 Å². The third-order valence-corrected chi connectivity index (χ3v) is 4.48. The molecule has 3 nitrogen and oxygen atoms in total. The van der Waals surface area contributed by atoms with Crippen LogP contribution in [0.1, 0.15) is 42.5 Å². The number of aromatic nitrogens is 1. The molecule has 3 rings (SSSR count). The molecule has 0 unspecified atom stereocenters. The van der Waals surface area contributed by atoms with Crippen molar-refractivity contribution in [3.63, 3.8) is 0 Å². The summed E-state index contributed by atoms with van der Waals surface area (Å²) in [6, 6.07) is 8.44. The second-order valence-electron chi connectivity index (χ2n) is 6.14. The Hall–Kier alpha value is -2.37. The van der Waals surface area contributed by atoms with Gasteiger partial charge in [-0.25, -0.2) is 0 Å². The number of nitrogens with one attached hydrogen (secondary N) is 1. The van der Waals surface area contributed by atoms with Gasteiger partial charge in [-0.05, 0) is 49.1 Å². The first-order valence-corrected chi connectivity index (χ1v) is 7.71. The highest BCUT2D eigenvalue weighted by Gasteiger charge is 2.52. The standard InChI is InChI=1S/C18H17F3N2O/c1-12(13-5-9-22-10-6-13)23-16(24)17(7-8-17)14-3-2-4-15(11-14)18(19,20)21/h2-6,9-12H,7-8H2,1H3,(H,23,24)/t12-/m0/s1. The molecule has 1 aromatic carbocycles. The van der Waals surface area contributed by atoms with E-state index in [9.17, 15) is 18.0 Å². The Morgan fingerprint density at radius 1 is 1.21 bits per heavy atom. The van der Waals surface area contributed by atoms with E-state index in [1.54, 1.807) is 30.6 Å². The van der Waals surface area contributed by atoms with E-state index in [1.165, 1.54) is 6.07 Å². The second-order valence-corrected chi connectivity index (χ2v) is 6.14. The normalized spacial score (nSPS) is 17.2. The highest BCUT2D eigenvalue weighted by Crippen LogP contribution is 2.49. The van der Waals surface area contributed by atoms with Crippen LogP contribution in [0.3, 0.4) is 0 Å². The fourth-order valence-electron chi connectivity index (χ4n) is 2.84. The minimum atomic E-state index is -4.41. The van der Waals surface area contributed by atoms with E-state index < -0.39 is 17.2 Å². The maximum atomic E-state index is 12.9. The number of rotatable bonds is 4. The van der Waals surface area contributed by atoms with Crippen molar-refractivity contribution in [2.45, 2.75) is 37.4 Å². The predicted octanol–water partition coefficient (Wildman–Crippen LogP) is 4.01. The lowest BCUT2D eigenvalue weighted by molar-refractivity contribution is -0.137. The highest BCUT2D eigenvalue weighted by atomic mass is 19.4. The SMILES string of the molecule is C[C@H](NC(=O)C1(c2cccc(C(F)(F)F)c2)CC1)c1ccncc1. The van der Waals surface area contributed by atoms with E-state index in [2.05, 4.69) is 10.3 Å². The molecule has 0 radical (unpaired) electrons. The molecule has 126 valence electrons. The predicted molar refractivity (Wildman–Crippen MR) is 83.2 cm³/mol. The van der Waals surface area contributed by atoms with Gasteiger partial charge in [0.25, 0.3) is 0 Å². The van der Waals surface area contributed by atoms with Crippen LogP contribution in [0.4, 0.5) is 13.2 Å². The Labute approximate surface area is 137 Å². The van der Waals surface area contributed by atoms with E-state index in [0.29, 0.717) is 18.4 Å². The van der Waals surface area contributed by atoms with Gasteiger partial charge < -0.3 is 5.32 Å². The van der Waals surface area contributed by atoms with Crippen molar-refractivity contribution in [2.24, 2.45) is 0 Å². The number of carbonyl (C=O) groups excluding carboxylic acids is 1. The number of hydrogen-bond donors (Lipinski definition) is 1. The van der Waals surface area contributed by atoms with Gasteiger partial charge in [-0.15, -0.1) is 0 Å². The van der Waals surface area contributed by atoms with Crippen LogP contribution in [0.5, 0.6) is 0 Å². The molecule has 1 saturated carbocycles. The molecule has 24 heavy (non-hydrogen) atoms. The van der Waals surface area contributed by atoms with Crippen LogP contribution in [0.15, 0.2) is 48.8 Å². The summed E-state index contributed by atoms with van der Waals surface area (Å²) < 4.78 is 38.7. The summed E-state index contributed by atoms with van der Waals surface area (Å²) in [4.78, 5) is 16.6. The number of benzene rings is 1. The summed E-state index contributed by atoms with van der Waals surface area (Å²) in [7, 11) is 0. The zero-order valence-corrected chi connectivity index (χ0v) is 13.1. The van der Waals surface area contributed by atoms with Crippen LogP contribution in [0.25, 0.3) is 0 Å². The van der Waals surface area contributed by atoms with Gasteiger partial charge in [0, 0.05) is 12.4 Å². The van der Waals surface area contributed by atoms with Crippen molar-refractivity contribution in [2.75, 3.05) is 0 Å². The molecular formula is C18H17F3N2O. The second kappa shape index (κ2) is 5.92. The molecule has 0 aliphatic heterocycles. The molecule has 2 aromatic rings. The summed E-state index contributed by atoms with van der Waals surface area (Å²) in [6.07, 6.45) is -0.0192. The number of pyridine rings is 1. The van der Waals surface area contributed by atoms with Crippen molar-refractivity contribution in [3.8, 4) is 0 Å². The average Bonchev–Trinajstić information content (AvgIpc) is 3.37. The Morgan fingerprint density at radius 3 is 2.46 bits per heavy atom. The first kappa shape index (κ1) is 16.5. The summed E-state index contributed by atoms with van der Waals surface area (Å²) in [5.74, 6) is -0.230. The van der Waals surface area contributed by atoms with E-state index in [1.807, 2.05) is 6.92 Å². The lowest BCUT2D eigenvalue weighted by Crippen LogP contribution is -2.36. The smallest absolute Gasteiger partial charge is 0.349 e. The minimum absolute atomic E-state index is 0.230. The molecule has 0 bridgehead atoms. The van der Waals surface area contributed by atoms with Crippen LogP contribution in [0, 0.1) is 0 Å². The third kappa shape index (κ3) is 3.13. The van der Waals surface area contributed by atoms with Crippen LogP contribution >= 0.6 is 0 Å². The fourth-order valence-corrected chi connectivity index (χ4v) is 2.84. The molecular weight excluding hydrogens is 317 g/mol. The molecule has 1 aromatic heterocycles. The molecule has 6 heteroatoms. The lowest BCUT2D eigenvalue weighted by Gasteiger charge is -2.21. The van der Waals surface area contributed by atoms with Crippen LogP contribution in [0.2, 0.25) is 0 Å². The van der Waals surface area contributed by atoms with Crippen LogP contribution in [-0.4, -0.2) is 10.9 Å². The fraction of sp³-hybridized carbons (Fsp3) is 0.333. The monoisotopic (exact) mass is 334 g/mol. The van der Waals surface area contributed by atoms with Crippen molar-refractivity contribution in [1.29, 1.82) is 0 Å². The number of carbonyl (C=O) groups is 1. The quantitative estimate of drug-likeness (QED) is 0.918.